The van der Waals surface area contributed by atoms with Gasteiger partial charge in [0, 0.05) is 12.1 Å². The number of rotatable bonds is 8. The molecule has 27 heavy (non-hydrogen) atoms. The van der Waals surface area contributed by atoms with Crippen molar-refractivity contribution in [3.05, 3.63) is 39.7 Å². The Morgan fingerprint density at radius 1 is 0.926 bits per heavy atom. The van der Waals surface area contributed by atoms with E-state index in [4.69, 9.17) is 21.6 Å². The van der Waals surface area contributed by atoms with Crippen molar-refractivity contribution in [1.29, 1.82) is 0 Å². The minimum absolute atomic E-state index is 0.811. The number of unbranched alkanes of at least 4 members (excludes halogenated alkanes) is 2. The first-order chi connectivity index (χ1) is 13.2. The predicted octanol–water partition coefficient (Wildman–Crippen LogP) is 6.40. The van der Waals surface area contributed by atoms with Crippen molar-refractivity contribution in [3.8, 4) is 11.3 Å². The van der Waals surface area contributed by atoms with E-state index in [2.05, 4.69) is 38.2 Å². The van der Waals surface area contributed by atoms with Crippen molar-refractivity contribution in [2.45, 2.75) is 78.6 Å². The Kier molecular flexibility index (Phi) is 7.12. The van der Waals surface area contributed by atoms with E-state index in [1.54, 1.807) is 0 Å². The van der Waals surface area contributed by atoms with E-state index in [1.807, 2.05) is 0 Å². The summed E-state index contributed by atoms with van der Waals surface area (Å²) in [5, 5.41) is 4.32. The van der Waals surface area contributed by atoms with Crippen LogP contribution < -0.4 is 5.32 Å². The van der Waals surface area contributed by atoms with Crippen molar-refractivity contribution in [1.82, 2.24) is 9.97 Å². The fraction of sp³-hybridized carbons (Fsp3) is 0.565. The van der Waals surface area contributed by atoms with Crippen molar-refractivity contribution >= 4 is 17.4 Å². The molecule has 146 valence electrons. The highest BCUT2D eigenvalue weighted by Crippen LogP contribution is 2.35. The average Bonchev–Trinajstić information content (AvgIpc) is 2.70. The van der Waals surface area contributed by atoms with Gasteiger partial charge < -0.3 is 5.32 Å². The number of anilines is 1. The van der Waals surface area contributed by atoms with E-state index in [1.165, 1.54) is 43.2 Å². The molecule has 4 heteroatoms. The summed E-state index contributed by atoms with van der Waals surface area (Å²) in [5.74, 6) is 0.947. The number of aromatic nitrogens is 2. The van der Waals surface area contributed by atoms with E-state index in [0.29, 0.717) is 0 Å². The molecular formula is C23H32ClN3. The molecule has 1 N–H and O–H groups in total. The second kappa shape index (κ2) is 9.54. The smallest absolute Gasteiger partial charge is 0.148 e. The van der Waals surface area contributed by atoms with Crippen LogP contribution in [0.15, 0.2) is 12.1 Å². The molecule has 1 aliphatic rings. The van der Waals surface area contributed by atoms with Crippen LogP contribution in [0.5, 0.6) is 0 Å². The summed E-state index contributed by atoms with van der Waals surface area (Å²) in [7, 11) is 0. The number of hydrogen-bond donors (Lipinski definition) is 1. The van der Waals surface area contributed by atoms with Gasteiger partial charge in [-0.3, -0.25) is 0 Å². The zero-order valence-corrected chi connectivity index (χ0v) is 17.8. The third kappa shape index (κ3) is 4.63. The summed E-state index contributed by atoms with van der Waals surface area (Å²) in [6.45, 7) is 7.47. The lowest BCUT2D eigenvalue weighted by Crippen LogP contribution is -2.11. The van der Waals surface area contributed by atoms with Gasteiger partial charge in [-0.25, -0.2) is 9.97 Å². The summed E-state index contributed by atoms with van der Waals surface area (Å²) >= 11 is 6.69. The molecule has 0 radical (unpaired) electrons. The minimum Gasteiger partial charge on any atom is -0.369 e. The number of hydrogen-bond acceptors (Lipinski definition) is 3. The molecular weight excluding hydrogens is 354 g/mol. The van der Waals surface area contributed by atoms with Gasteiger partial charge in [0.05, 0.1) is 22.1 Å². The molecule has 1 aromatic carbocycles. The van der Waals surface area contributed by atoms with Gasteiger partial charge in [0.2, 0.25) is 0 Å². The number of nitrogens with zero attached hydrogens (tertiary/aromatic N) is 2. The van der Waals surface area contributed by atoms with Gasteiger partial charge >= 0.3 is 0 Å². The van der Waals surface area contributed by atoms with Crippen molar-refractivity contribution in [2.75, 3.05) is 11.9 Å². The summed E-state index contributed by atoms with van der Waals surface area (Å²) in [4.78, 5) is 9.99. The minimum atomic E-state index is 0.811. The number of nitrogens with one attached hydrogen (secondary N) is 1. The monoisotopic (exact) mass is 385 g/mol. The molecule has 3 nitrogen and oxygen atoms in total. The van der Waals surface area contributed by atoms with E-state index in [9.17, 15) is 0 Å². The van der Waals surface area contributed by atoms with Gasteiger partial charge in [0.25, 0.3) is 0 Å². The van der Waals surface area contributed by atoms with Crippen LogP contribution in [0.3, 0.4) is 0 Å². The van der Waals surface area contributed by atoms with E-state index >= 15 is 0 Å². The summed E-state index contributed by atoms with van der Waals surface area (Å²) in [6, 6.07) is 4.43. The first-order valence-electron chi connectivity index (χ1n) is 10.6. The molecule has 0 aliphatic heterocycles. The molecule has 0 saturated heterocycles. The largest absolute Gasteiger partial charge is 0.369 e. The molecule has 1 heterocycles. The molecule has 0 fully saturated rings. The Morgan fingerprint density at radius 2 is 1.63 bits per heavy atom. The summed E-state index contributed by atoms with van der Waals surface area (Å²) in [5.41, 5.74) is 6.92. The number of aryl methyl sites for hydroxylation is 4. The SMILES string of the molecule is CCCCCNc1nc(CC)c(-c2cc3c(cc2Cl)CCCC3)nc1CC. The van der Waals surface area contributed by atoms with Crippen LogP contribution in [0.2, 0.25) is 5.02 Å². The van der Waals surface area contributed by atoms with Crippen LogP contribution in [0, 0.1) is 0 Å². The second-order valence-corrected chi connectivity index (χ2v) is 7.87. The normalized spacial score (nSPS) is 13.5. The molecule has 0 spiro atoms. The molecule has 0 atom stereocenters. The fourth-order valence-electron chi connectivity index (χ4n) is 3.87. The lowest BCUT2D eigenvalue weighted by molar-refractivity contribution is 0.686. The Bertz CT molecular complexity index is 786. The van der Waals surface area contributed by atoms with Crippen LogP contribution in [0.1, 0.15) is 75.4 Å². The Morgan fingerprint density at radius 3 is 2.30 bits per heavy atom. The second-order valence-electron chi connectivity index (χ2n) is 7.46. The highest BCUT2D eigenvalue weighted by atomic mass is 35.5. The molecule has 0 unspecified atom stereocenters. The summed E-state index contributed by atoms with van der Waals surface area (Å²) < 4.78 is 0. The van der Waals surface area contributed by atoms with E-state index in [0.717, 1.165) is 65.7 Å². The molecule has 0 saturated carbocycles. The van der Waals surface area contributed by atoms with Crippen molar-refractivity contribution in [3.63, 3.8) is 0 Å². The number of benzene rings is 1. The highest BCUT2D eigenvalue weighted by molar-refractivity contribution is 6.33. The Labute approximate surface area is 169 Å². The first-order valence-corrected chi connectivity index (χ1v) is 11.0. The zero-order chi connectivity index (χ0) is 19.2. The zero-order valence-electron chi connectivity index (χ0n) is 17.0. The van der Waals surface area contributed by atoms with Crippen molar-refractivity contribution in [2.24, 2.45) is 0 Å². The van der Waals surface area contributed by atoms with Crippen LogP contribution in [-0.4, -0.2) is 16.5 Å². The van der Waals surface area contributed by atoms with Gasteiger partial charge in [0.15, 0.2) is 0 Å². The standard InChI is InChI=1S/C23H32ClN3/c1-4-7-10-13-25-23-21(6-3)26-22(20(5-2)27-23)18-14-16-11-8-9-12-17(16)15-19(18)24/h14-15H,4-13H2,1-3H3,(H,25,27). The van der Waals surface area contributed by atoms with Gasteiger partial charge in [-0.1, -0.05) is 45.2 Å². The molecule has 2 aromatic rings. The van der Waals surface area contributed by atoms with Crippen LogP contribution in [-0.2, 0) is 25.7 Å². The van der Waals surface area contributed by atoms with Gasteiger partial charge in [-0.05, 0) is 68.2 Å². The fourth-order valence-corrected chi connectivity index (χ4v) is 4.15. The first kappa shape index (κ1) is 20.1. The molecule has 1 aliphatic carbocycles. The van der Waals surface area contributed by atoms with Gasteiger partial charge in [0.1, 0.15) is 5.82 Å². The quantitative estimate of drug-likeness (QED) is 0.534. The predicted molar refractivity (Wildman–Crippen MR) is 116 cm³/mol. The Hall–Kier alpha value is -1.61. The molecule has 0 amide bonds. The topological polar surface area (TPSA) is 37.8 Å². The average molecular weight is 386 g/mol. The molecule has 0 bridgehead atoms. The lowest BCUT2D eigenvalue weighted by Gasteiger charge is -2.20. The van der Waals surface area contributed by atoms with Crippen molar-refractivity contribution < 1.29 is 0 Å². The Balaban J connectivity index is 1.97. The third-order valence-corrected chi connectivity index (χ3v) is 5.78. The number of fused-ring (bicyclic) bond motifs is 1. The van der Waals surface area contributed by atoms with Crippen LogP contribution in [0.25, 0.3) is 11.3 Å². The lowest BCUT2D eigenvalue weighted by atomic mass is 9.89. The maximum atomic E-state index is 6.69. The third-order valence-electron chi connectivity index (χ3n) is 5.47. The molecule has 3 rings (SSSR count). The highest BCUT2D eigenvalue weighted by Gasteiger charge is 2.19. The van der Waals surface area contributed by atoms with Gasteiger partial charge in [-0.2, -0.15) is 0 Å². The molecule has 1 aromatic heterocycles. The van der Waals surface area contributed by atoms with E-state index in [-0.39, 0.29) is 0 Å². The maximum absolute atomic E-state index is 6.69. The van der Waals surface area contributed by atoms with Crippen LogP contribution in [0.4, 0.5) is 5.82 Å². The number of halogens is 1. The van der Waals surface area contributed by atoms with Gasteiger partial charge in [-0.15, -0.1) is 0 Å². The van der Waals surface area contributed by atoms with Crippen LogP contribution >= 0.6 is 11.6 Å². The van der Waals surface area contributed by atoms with E-state index < -0.39 is 0 Å². The maximum Gasteiger partial charge on any atom is 0.148 e. The summed E-state index contributed by atoms with van der Waals surface area (Å²) in [6.07, 6.45) is 10.2.